The number of alkyl halides is 2. The summed E-state index contributed by atoms with van der Waals surface area (Å²) in [6.07, 6.45) is 0.906. The average molecular weight is 412 g/mol. The van der Waals surface area contributed by atoms with Crippen LogP contribution in [0.1, 0.15) is 23.7 Å². The van der Waals surface area contributed by atoms with E-state index in [9.17, 15) is 13.6 Å². The van der Waals surface area contributed by atoms with Gasteiger partial charge in [-0.1, -0.05) is 12.1 Å². The van der Waals surface area contributed by atoms with Crippen LogP contribution in [0.15, 0.2) is 48.5 Å². The van der Waals surface area contributed by atoms with Crippen molar-refractivity contribution < 1.29 is 18.3 Å². The number of para-hydroxylation sites is 1. The zero-order valence-electron chi connectivity index (χ0n) is 15.5. The van der Waals surface area contributed by atoms with E-state index in [1.807, 2.05) is 30.0 Å². The topological polar surface area (TPSA) is 67.6 Å². The number of nitrogens with zero attached hydrogens (tertiary/aromatic N) is 1. The number of rotatable bonds is 6. The molecule has 0 aliphatic carbocycles. The predicted octanol–water partition coefficient (Wildman–Crippen LogP) is 4.26. The fourth-order valence-corrected chi connectivity index (χ4v) is 3.40. The number of halogens is 3. The lowest BCUT2D eigenvalue weighted by molar-refractivity contribution is -0.0498. The zero-order chi connectivity index (χ0) is 19.4. The Hall–Kier alpha value is -2.38. The first-order valence-electron chi connectivity index (χ1n) is 8.90. The van der Waals surface area contributed by atoms with Gasteiger partial charge in [-0.25, -0.2) is 0 Å². The number of likely N-dealkylation sites (tertiary alicyclic amines) is 1. The summed E-state index contributed by atoms with van der Waals surface area (Å²) in [5.41, 5.74) is 7.66. The maximum absolute atomic E-state index is 13.0. The van der Waals surface area contributed by atoms with Crippen molar-refractivity contribution in [2.24, 2.45) is 11.7 Å². The summed E-state index contributed by atoms with van der Waals surface area (Å²) in [6, 6.07) is 13.6. The minimum atomic E-state index is -2.86. The van der Waals surface area contributed by atoms with Crippen LogP contribution in [0.4, 0.5) is 20.2 Å². The molecular formula is C20H24ClF2N3O2. The van der Waals surface area contributed by atoms with Crippen molar-refractivity contribution in [3.8, 4) is 5.75 Å². The lowest BCUT2D eigenvalue weighted by Gasteiger charge is -2.23. The molecule has 2 unspecified atom stereocenters. The highest BCUT2D eigenvalue weighted by Crippen LogP contribution is 2.28. The van der Waals surface area contributed by atoms with Crippen LogP contribution in [0.3, 0.4) is 0 Å². The lowest BCUT2D eigenvalue weighted by atomic mass is 10.1. The highest BCUT2D eigenvalue weighted by molar-refractivity contribution is 6.00. The Morgan fingerprint density at radius 1 is 1.25 bits per heavy atom. The molecule has 1 fully saturated rings. The number of nitrogens with one attached hydrogen (secondary N) is 1. The molecule has 1 aliphatic rings. The third-order valence-electron chi connectivity index (χ3n) is 4.77. The standard InChI is InChI=1S/C20H23F2N3O2.ClH/c1-13-10-14(11-23)12-25(13)19(26)17-4-2-3-5-18(17)24-15-6-8-16(9-7-15)27-20(21)22;/h2-9,13-14,20,24H,10-12,23H2,1H3;1H. The van der Waals surface area contributed by atoms with E-state index in [1.165, 1.54) is 12.1 Å². The maximum atomic E-state index is 13.0. The number of hydrogen-bond acceptors (Lipinski definition) is 4. The number of amides is 1. The molecule has 0 aromatic heterocycles. The van der Waals surface area contributed by atoms with Crippen LogP contribution in [0, 0.1) is 5.92 Å². The summed E-state index contributed by atoms with van der Waals surface area (Å²) < 4.78 is 28.9. The second-order valence-electron chi connectivity index (χ2n) is 6.72. The Morgan fingerprint density at radius 2 is 1.93 bits per heavy atom. The van der Waals surface area contributed by atoms with Crippen molar-refractivity contribution in [3.63, 3.8) is 0 Å². The number of hydrogen-bond donors (Lipinski definition) is 2. The fourth-order valence-electron chi connectivity index (χ4n) is 3.40. The van der Waals surface area contributed by atoms with Crippen molar-refractivity contribution in [1.29, 1.82) is 0 Å². The van der Waals surface area contributed by atoms with E-state index in [1.54, 1.807) is 18.2 Å². The summed E-state index contributed by atoms with van der Waals surface area (Å²) >= 11 is 0. The second-order valence-corrected chi connectivity index (χ2v) is 6.72. The van der Waals surface area contributed by atoms with Crippen molar-refractivity contribution >= 4 is 29.7 Å². The number of ether oxygens (including phenoxy) is 1. The molecule has 3 N–H and O–H groups in total. The van der Waals surface area contributed by atoms with Gasteiger partial charge in [0.25, 0.3) is 5.91 Å². The molecule has 152 valence electrons. The van der Waals surface area contributed by atoms with Gasteiger partial charge in [-0.3, -0.25) is 4.79 Å². The average Bonchev–Trinajstić information content (AvgIpc) is 3.04. The van der Waals surface area contributed by atoms with Crippen molar-refractivity contribution in [2.45, 2.75) is 26.0 Å². The first-order valence-corrected chi connectivity index (χ1v) is 8.90. The van der Waals surface area contributed by atoms with Gasteiger partial charge in [0.2, 0.25) is 0 Å². The van der Waals surface area contributed by atoms with Crippen LogP contribution < -0.4 is 15.8 Å². The molecule has 8 heteroatoms. The normalized spacial score (nSPS) is 18.7. The van der Waals surface area contributed by atoms with Gasteiger partial charge in [-0.2, -0.15) is 8.78 Å². The molecule has 1 aliphatic heterocycles. The van der Waals surface area contributed by atoms with Gasteiger partial charge in [0, 0.05) is 18.3 Å². The first kappa shape index (κ1) is 21.9. The summed E-state index contributed by atoms with van der Waals surface area (Å²) in [6.45, 7) is 0.402. The van der Waals surface area contributed by atoms with Gasteiger partial charge in [-0.05, 0) is 62.2 Å². The second kappa shape index (κ2) is 9.71. The molecule has 5 nitrogen and oxygen atoms in total. The number of nitrogens with two attached hydrogens (primary N) is 1. The van der Waals surface area contributed by atoms with E-state index >= 15 is 0 Å². The molecular weight excluding hydrogens is 388 g/mol. The van der Waals surface area contributed by atoms with Gasteiger partial charge in [0.15, 0.2) is 0 Å². The molecule has 2 aromatic rings. The highest BCUT2D eigenvalue weighted by atomic mass is 35.5. The fraction of sp³-hybridized carbons (Fsp3) is 0.350. The van der Waals surface area contributed by atoms with E-state index < -0.39 is 6.61 Å². The van der Waals surface area contributed by atoms with Gasteiger partial charge < -0.3 is 20.7 Å². The monoisotopic (exact) mass is 411 g/mol. The SMILES string of the molecule is CC1CC(CN)CN1C(=O)c1ccccc1Nc1ccc(OC(F)F)cc1.Cl. The summed E-state index contributed by atoms with van der Waals surface area (Å²) in [5.74, 6) is 0.365. The Balaban J connectivity index is 0.00000280. The van der Waals surface area contributed by atoms with Crippen molar-refractivity contribution in [2.75, 3.05) is 18.4 Å². The third kappa shape index (κ3) is 5.11. The number of anilines is 2. The molecule has 2 aromatic carbocycles. The van der Waals surface area contributed by atoms with Crippen molar-refractivity contribution in [3.05, 3.63) is 54.1 Å². The maximum Gasteiger partial charge on any atom is 0.387 e. The van der Waals surface area contributed by atoms with E-state index in [-0.39, 0.29) is 30.1 Å². The van der Waals surface area contributed by atoms with E-state index in [0.29, 0.717) is 35.9 Å². The molecule has 1 heterocycles. The molecule has 0 spiro atoms. The number of carbonyl (C=O) groups excluding carboxylic acids is 1. The van der Waals surface area contributed by atoms with Crippen molar-refractivity contribution in [1.82, 2.24) is 4.90 Å². The number of benzene rings is 2. The van der Waals surface area contributed by atoms with Crippen LogP contribution >= 0.6 is 12.4 Å². The zero-order valence-corrected chi connectivity index (χ0v) is 16.3. The largest absolute Gasteiger partial charge is 0.435 e. The summed E-state index contributed by atoms with van der Waals surface area (Å²) in [4.78, 5) is 14.9. The highest BCUT2D eigenvalue weighted by Gasteiger charge is 2.32. The molecule has 0 bridgehead atoms. The van der Waals surface area contributed by atoms with Crippen LogP contribution in [0.2, 0.25) is 0 Å². The molecule has 28 heavy (non-hydrogen) atoms. The van der Waals surface area contributed by atoms with Gasteiger partial charge in [0.05, 0.1) is 11.3 Å². The van der Waals surface area contributed by atoms with Crippen LogP contribution in [0.25, 0.3) is 0 Å². The molecule has 3 rings (SSSR count). The van der Waals surface area contributed by atoms with Crippen LogP contribution in [0.5, 0.6) is 5.75 Å². The van der Waals surface area contributed by atoms with Crippen LogP contribution in [-0.4, -0.2) is 36.5 Å². The van der Waals surface area contributed by atoms with Gasteiger partial charge in [-0.15, -0.1) is 12.4 Å². The Kier molecular flexibility index (Phi) is 7.60. The molecule has 0 saturated carbocycles. The minimum Gasteiger partial charge on any atom is -0.435 e. The minimum absolute atomic E-state index is 0. The third-order valence-corrected chi connectivity index (χ3v) is 4.77. The molecule has 1 amide bonds. The summed E-state index contributed by atoms with van der Waals surface area (Å²) in [5, 5.41) is 3.18. The molecule has 1 saturated heterocycles. The Morgan fingerprint density at radius 3 is 2.54 bits per heavy atom. The molecule has 0 radical (unpaired) electrons. The quantitative estimate of drug-likeness (QED) is 0.745. The Labute approximate surface area is 169 Å². The number of carbonyl (C=O) groups is 1. The van der Waals surface area contributed by atoms with E-state index in [4.69, 9.17) is 5.73 Å². The van der Waals surface area contributed by atoms with E-state index in [2.05, 4.69) is 10.1 Å². The van der Waals surface area contributed by atoms with E-state index in [0.717, 1.165) is 6.42 Å². The molecule has 2 atom stereocenters. The van der Waals surface area contributed by atoms with Crippen LogP contribution in [-0.2, 0) is 0 Å². The first-order chi connectivity index (χ1) is 13.0. The van der Waals surface area contributed by atoms with Gasteiger partial charge in [0.1, 0.15) is 5.75 Å². The Bertz CT molecular complexity index is 789. The van der Waals surface area contributed by atoms with Gasteiger partial charge >= 0.3 is 6.61 Å². The lowest BCUT2D eigenvalue weighted by Crippen LogP contribution is -2.34. The predicted molar refractivity (Wildman–Crippen MR) is 108 cm³/mol. The smallest absolute Gasteiger partial charge is 0.387 e. The summed E-state index contributed by atoms with van der Waals surface area (Å²) in [7, 11) is 0.